The van der Waals surface area contributed by atoms with Crippen LogP contribution < -0.4 is 0 Å². The zero-order valence-electron chi connectivity index (χ0n) is 17.5. The minimum Gasteiger partial charge on any atom is -0.432 e. The van der Waals surface area contributed by atoms with Crippen LogP contribution in [0.5, 0.6) is 0 Å². The summed E-state index contributed by atoms with van der Waals surface area (Å²) in [7, 11) is 0. The Hall–Kier alpha value is -1.13. The highest BCUT2D eigenvalue weighted by atomic mass is 79.9. The van der Waals surface area contributed by atoms with Gasteiger partial charge in [-0.25, -0.2) is 4.79 Å². The maximum atomic E-state index is 12.7. The fourth-order valence-electron chi connectivity index (χ4n) is 3.62. The molecule has 9 nitrogen and oxygen atoms in total. The molecule has 0 bridgehead atoms. The van der Waals surface area contributed by atoms with Gasteiger partial charge in [0.05, 0.1) is 35.3 Å². The molecule has 15 heteroatoms. The summed E-state index contributed by atoms with van der Waals surface area (Å²) in [6.07, 6.45) is -1.07. The minimum atomic E-state index is -1.07. The zero-order chi connectivity index (χ0) is 26.5. The van der Waals surface area contributed by atoms with Crippen molar-refractivity contribution in [3.8, 4) is 0 Å². The molecule has 0 fully saturated rings. The van der Waals surface area contributed by atoms with Gasteiger partial charge in [0.1, 0.15) is 13.2 Å². The average molecular weight is 882 g/mol. The molecule has 0 N–H and O–H groups in total. The zero-order valence-corrected chi connectivity index (χ0v) is 27.0. The highest BCUT2D eigenvalue weighted by molar-refractivity contribution is 9.13. The van der Waals surface area contributed by atoms with Gasteiger partial charge in [0, 0.05) is 26.8 Å². The van der Waals surface area contributed by atoms with Crippen LogP contribution in [0.1, 0.15) is 41.4 Å². The van der Waals surface area contributed by atoms with Crippen molar-refractivity contribution in [2.45, 2.75) is 0 Å². The second kappa shape index (κ2) is 10.9. The molecule has 4 amide bonds. The molecule has 2 aliphatic heterocycles. The summed E-state index contributed by atoms with van der Waals surface area (Å²) in [5.74, 6) is -2.12. The second-order valence-electron chi connectivity index (χ2n) is 7.28. The third kappa shape index (κ3) is 4.86. The molecular formula is C21H10Br6N2O7. The highest BCUT2D eigenvalue weighted by Gasteiger charge is 2.41. The number of ether oxygens (including phenoxy) is 2. The number of amides is 4. The van der Waals surface area contributed by atoms with E-state index in [-0.39, 0.29) is 48.6 Å². The Kier molecular flexibility index (Phi) is 8.47. The molecule has 4 rings (SSSR count). The topological polar surface area (TPSA) is 110 Å². The first-order chi connectivity index (χ1) is 17.0. The maximum Gasteiger partial charge on any atom is 0.508 e. The molecule has 36 heavy (non-hydrogen) atoms. The number of rotatable bonds is 6. The summed E-state index contributed by atoms with van der Waals surface area (Å²) in [6, 6.07) is 3.30. The third-order valence-corrected chi connectivity index (χ3v) is 10.5. The Bertz CT molecular complexity index is 1280. The van der Waals surface area contributed by atoms with Gasteiger partial charge < -0.3 is 9.47 Å². The largest absolute Gasteiger partial charge is 0.508 e. The van der Waals surface area contributed by atoms with Crippen LogP contribution >= 0.6 is 95.6 Å². The van der Waals surface area contributed by atoms with Gasteiger partial charge in [-0.1, -0.05) is 0 Å². The molecule has 0 unspecified atom stereocenters. The number of fused-ring (bicyclic) bond motifs is 2. The van der Waals surface area contributed by atoms with Crippen LogP contribution in [0.25, 0.3) is 0 Å². The molecule has 0 saturated heterocycles. The molecule has 0 spiro atoms. The lowest BCUT2D eigenvalue weighted by Crippen LogP contribution is -2.35. The summed E-state index contributed by atoms with van der Waals surface area (Å²) in [5.41, 5.74) is 0.831. The normalized spacial score (nSPS) is 14.5. The number of hydrogen-bond acceptors (Lipinski definition) is 7. The summed E-state index contributed by atoms with van der Waals surface area (Å²) in [4.78, 5) is 64.8. The first kappa shape index (κ1) is 27.9. The lowest BCUT2D eigenvalue weighted by atomic mass is 10.1. The van der Waals surface area contributed by atoms with E-state index in [1.807, 2.05) is 0 Å². The summed E-state index contributed by atoms with van der Waals surface area (Å²) < 4.78 is 12.9. The molecule has 2 aromatic rings. The number of imide groups is 2. The minimum absolute atomic E-state index is 0.187. The van der Waals surface area contributed by atoms with Crippen molar-refractivity contribution in [2.75, 3.05) is 26.3 Å². The first-order valence-corrected chi connectivity index (χ1v) is 14.6. The van der Waals surface area contributed by atoms with Gasteiger partial charge in [-0.05, 0) is 108 Å². The van der Waals surface area contributed by atoms with Crippen molar-refractivity contribution < 1.29 is 33.4 Å². The Morgan fingerprint density at radius 3 is 1.28 bits per heavy atom. The predicted molar refractivity (Wildman–Crippen MR) is 147 cm³/mol. The number of carbonyl (C=O) groups is 5. The lowest BCUT2D eigenvalue weighted by Gasteiger charge is -2.15. The van der Waals surface area contributed by atoms with E-state index in [1.54, 1.807) is 12.1 Å². The smallest absolute Gasteiger partial charge is 0.432 e. The van der Waals surface area contributed by atoms with Crippen LogP contribution in [0.15, 0.2) is 39.0 Å². The van der Waals surface area contributed by atoms with E-state index in [9.17, 15) is 24.0 Å². The molecule has 0 radical (unpaired) electrons. The fourth-order valence-corrected chi connectivity index (χ4v) is 7.25. The Labute approximate surface area is 254 Å². The standard InChI is InChI=1S/C21H10Br6N2O7/c22-7-5-9(24)15(26)13-11(7)17(30)28(19(13)32)1-3-35-21(34)36-4-2-29-18(31)12-8(23)6-10(25)16(27)14(12)20(29)33/h5-6H,1-4H2. The van der Waals surface area contributed by atoms with Crippen LogP contribution in [0, 0.1) is 0 Å². The van der Waals surface area contributed by atoms with Crippen LogP contribution in [-0.2, 0) is 9.47 Å². The van der Waals surface area contributed by atoms with Gasteiger partial charge in [-0.3, -0.25) is 29.0 Å². The molecule has 2 aliphatic rings. The van der Waals surface area contributed by atoms with Crippen molar-refractivity contribution in [1.29, 1.82) is 0 Å². The van der Waals surface area contributed by atoms with Gasteiger partial charge in [0.2, 0.25) is 0 Å². The van der Waals surface area contributed by atoms with Gasteiger partial charge in [0.25, 0.3) is 23.6 Å². The van der Waals surface area contributed by atoms with E-state index in [0.717, 1.165) is 9.80 Å². The third-order valence-electron chi connectivity index (χ3n) is 5.25. The quantitative estimate of drug-likeness (QED) is 0.190. The number of nitrogens with zero attached hydrogens (tertiary/aromatic N) is 2. The Balaban J connectivity index is 1.29. The molecule has 2 aromatic carbocycles. The van der Waals surface area contributed by atoms with E-state index in [2.05, 4.69) is 95.6 Å². The van der Waals surface area contributed by atoms with Gasteiger partial charge in [-0.2, -0.15) is 0 Å². The van der Waals surface area contributed by atoms with E-state index in [4.69, 9.17) is 9.47 Å². The van der Waals surface area contributed by atoms with E-state index in [1.165, 1.54) is 0 Å². The van der Waals surface area contributed by atoms with Crippen molar-refractivity contribution in [3.63, 3.8) is 0 Å². The molecule has 0 saturated carbocycles. The Morgan fingerprint density at radius 2 is 0.917 bits per heavy atom. The lowest BCUT2D eigenvalue weighted by molar-refractivity contribution is 0.0357. The van der Waals surface area contributed by atoms with Gasteiger partial charge >= 0.3 is 6.16 Å². The number of hydrogen-bond donors (Lipinski definition) is 0. The van der Waals surface area contributed by atoms with Gasteiger partial charge in [-0.15, -0.1) is 0 Å². The maximum absolute atomic E-state index is 12.7. The summed E-state index contributed by atoms with van der Waals surface area (Å²) >= 11 is 19.8. The van der Waals surface area contributed by atoms with E-state index in [0.29, 0.717) is 26.8 Å². The van der Waals surface area contributed by atoms with Gasteiger partial charge in [0.15, 0.2) is 0 Å². The van der Waals surface area contributed by atoms with Crippen LogP contribution in [0.2, 0.25) is 0 Å². The summed E-state index contributed by atoms with van der Waals surface area (Å²) in [6.45, 7) is -0.982. The Morgan fingerprint density at radius 1 is 0.583 bits per heavy atom. The number of carbonyl (C=O) groups excluding carboxylic acids is 5. The van der Waals surface area contributed by atoms with Crippen molar-refractivity contribution >= 4 is 125 Å². The molecule has 0 atom stereocenters. The van der Waals surface area contributed by atoms with Crippen molar-refractivity contribution in [1.82, 2.24) is 9.80 Å². The fraction of sp³-hybridized carbons (Fsp3) is 0.190. The SMILES string of the molecule is O=C(OCCN1C(=O)c2c(Br)cc(Br)c(Br)c2C1=O)OCCN1C(=O)c2c(Br)cc(Br)c(Br)c2C1=O. The van der Waals surface area contributed by atoms with E-state index < -0.39 is 29.8 Å². The molecular weight excluding hydrogens is 872 g/mol. The highest BCUT2D eigenvalue weighted by Crippen LogP contribution is 2.40. The van der Waals surface area contributed by atoms with Crippen LogP contribution in [0.4, 0.5) is 4.79 Å². The van der Waals surface area contributed by atoms with Crippen molar-refractivity contribution in [3.05, 3.63) is 61.2 Å². The molecule has 0 aromatic heterocycles. The number of benzene rings is 2. The predicted octanol–water partition coefficient (Wildman–Crippen LogP) is 6.31. The number of halogens is 6. The molecule has 188 valence electrons. The average Bonchev–Trinajstić information content (AvgIpc) is 3.21. The molecule has 0 aliphatic carbocycles. The second-order valence-corrected chi connectivity index (χ2v) is 12.3. The summed E-state index contributed by atoms with van der Waals surface area (Å²) in [5, 5.41) is 0. The van der Waals surface area contributed by atoms with Crippen LogP contribution in [0.3, 0.4) is 0 Å². The first-order valence-electron chi connectivity index (χ1n) is 9.82. The van der Waals surface area contributed by atoms with E-state index >= 15 is 0 Å². The van der Waals surface area contributed by atoms with Crippen molar-refractivity contribution in [2.24, 2.45) is 0 Å². The van der Waals surface area contributed by atoms with Crippen LogP contribution in [-0.4, -0.2) is 65.9 Å². The molecule has 2 heterocycles. The monoisotopic (exact) mass is 876 g/mol.